The van der Waals surface area contributed by atoms with Crippen molar-refractivity contribution in [2.45, 2.75) is 12.5 Å². The van der Waals surface area contributed by atoms with E-state index in [0.29, 0.717) is 22.7 Å². The van der Waals surface area contributed by atoms with Crippen molar-refractivity contribution in [2.75, 3.05) is 17.6 Å². The lowest BCUT2D eigenvalue weighted by molar-refractivity contribution is 0.00377. The number of nitrogens with zero attached hydrogens (tertiary/aromatic N) is 1. The van der Waals surface area contributed by atoms with Crippen molar-refractivity contribution in [3.8, 4) is 0 Å². The van der Waals surface area contributed by atoms with Crippen LogP contribution in [0.15, 0.2) is 18.2 Å². The monoisotopic (exact) mass is 242 g/mol. The SMILES string of the molecule is Nc1ccc2nc(NCC(O)C(F)F)[nH]c2c1. The van der Waals surface area contributed by atoms with Crippen molar-refractivity contribution >= 4 is 22.7 Å². The van der Waals surface area contributed by atoms with Gasteiger partial charge in [-0.05, 0) is 18.2 Å². The van der Waals surface area contributed by atoms with E-state index >= 15 is 0 Å². The van der Waals surface area contributed by atoms with Crippen molar-refractivity contribution in [2.24, 2.45) is 0 Å². The van der Waals surface area contributed by atoms with Crippen molar-refractivity contribution in [3.63, 3.8) is 0 Å². The fourth-order valence-corrected chi connectivity index (χ4v) is 1.40. The molecule has 17 heavy (non-hydrogen) atoms. The van der Waals surface area contributed by atoms with Gasteiger partial charge in [0.2, 0.25) is 5.95 Å². The summed E-state index contributed by atoms with van der Waals surface area (Å²) in [6.45, 7) is -0.271. The molecule has 0 spiro atoms. The van der Waals surface area contributed by atoms with Gasteiger partial charge in [0.1, 0.15) is 6.10 Å². The summed E-state index contributed by atoms with van der Waals surface area (Å²) in [5.74, 6) is 0.324. The largest absolute Gasteiger partial charge is 0.399 e. The highest BCUT2D eigenvalue weighted by Gasteiger charge is 2.16. The zero-order valence-corrected chi connectivity index (χ0v) is 8.82. The highest BCUT2D eigenvalue weighted by molar-refractivity contribution is 5.80. The van der Waals surface area contributed by atoms with Crippen LogP contribution < -0.4 is 11.1 Å². The molecule has 1 aromatic heterocycles. The Labute approximate surface area is 95.7 Å². The van der Waals surface area contributed by atoms with Crippen LogP contribution >= 0.6 is 0 Å². The molecule has 1 heterocycles. The van der Waals surface area contributed by atoms with Crippen LogP contribution in [0.5, 0.6) is 0 Å². The molecule has 0 aliphatic carbocycles. The molecule has 0 bridgehead atoms. The molecule has 5 nitrogen and oxygen atoms in total. The normalized spacial score (nSPS) is 13.2. The van der Waals surface area contributed by atoms with E-state index in [1.54, 1.807) is 18.2 Å². The number of imidazole rings is 1. The van der Waals surface area contributed by atoms with E-state index in [0.717, 1.165) is 0 Å². The number of hydrogen-bond acceptors (Lipinski definition) is 4. The average molecular weight is 242 g/mol. The van der Waals surface area contributed by atoms with Gasteiger partial charge in [-0.25, -0.2) is 13.8 Å². The number of hydrogen-bond donors (Lipinski definition) is 4. The molecule has 5 N–H and O–H groups in total. The number of aliphatic hydroxyl groups is 1. The molecule has 0 fully saturated rings. The lowest BCUT2D eigenvalue weighted by Crippen LogP contribution is -2.27. The van der Waals surface area contributed by atoms with Crippen LogP contribution in [0.4, 0.5) is 20.4 Å². The maximum absolute atomic E-state index is 12.1. The Hall–Kier alpha value is -1.89. The second-order valence-electron chi connectivity index (χ2n) is 3.64. The molecule has 1 unspecified atom stereocenters. The van der Waals surface area contributed by atoms with Gasteiger partial charge in [0.15, 0.2) is 0 Å². The molecule has 2 aromatic rings. The van der Waals surface area contributed by atoms with Crippen LogP contribution in [-0.4, -0.2) is 34.1 Å². The zero-order valence-electron chi connectivity index (χ0n) is 8.82. The summed E-state index contributed by atoms with van der Waals surface area (Å²) in [6, 6.07) is 5.11. The van der Waals surface area contributed by atoms with Gasteiger partial charge in [-0.15, -0.1) is 0 Å². The fourth-order valence-electron chi connectivity index (χ4n) is 1.40. The van der Waals surface area contributed by atoms with Gasteiger partial charge in [-0.3, -0.25) is 0 Å². The molecule has 1 aromatic carbocycles. The topological polar surface area (TPSA) is 87.0 Å². The number of nitrogen functional groups attached to an aromatic ring is 1. The maximum atomic E-state index is 12.1. The van der Waals surface area contributed by atoms with Gasteiger partial charge in [0, 0.05) is 12.2 Å². The number of fused-ring (bicyclic) bond motifs is 1. The second kappa shape index (κ2) is 4.54. The predicted octanol–water partition coefficient (Wildman–Crippen LogP) is 1.18. The minimum atomic E-state index is -2.78. The first-order valence-electron chi connectivity index (χ1n) is 5.01. The number of aliphatic hydroxyl groups excluding tert-OH is 1. The first kappa shape index (κ1) is 11.6. The minimum Gasteiger partial charge on any atom is -0.399 e. The van der Waals surface area contributed by atoms with Crippen molar-refractivity contribution in [1.29, 1.82) is 0 Å². The van der Waals surface area contributed by atoms with E-state index in [4.69, 9.17) is 10.8 Å². The molecular weight excluding hydrogens is 230 g/mol. The number of alkyl halides is 2. The van der Waals surface area contributed by atoms with E-state index in [9.17, 15) is 8.78 Å². The van der Waals surface area contributed by atoms with Crippen molar-refractivity contribution < 1.29 is 13.9 Å². The van der Waals surface area contributed by atoms with Crippen LogP contribution in [-0.2, 0) is 0 Å². The molecule has 0 aliphatic rings. The van der Waals surface area contributed by atoms with Gasteiger partial charge in [0.25, 0.3) is 6.43 Å². The van der Waals surface area contributed by atoms with Gasteiger partial charge in [-0.2, -0.15) is 0 Å². The Bertz CT molecular complexity index is 514. The number of anilines is 2. The standard InChI is InChI=1S/C10H12F2N4O/c11-9(12)8(17)4-14-10-15-6-2-1-5(13)3-7(6)16-10/h1-3,8-9,17H,4,13H2,(H2,14,15,16). The van der Waals surface area contributed by atoms with E-state index in [-0.39, 0.29) is 6.54 Å². The number of aromatic nitrogens is 2. The molecule has 0 saturated heterocycles. The van der Waals surface area contributed by atoms with Gasteiger partial charge in [0.05, 0.1) is 11.0 Å². The van der Waals surface area contributed by atoms with Gasteiger partial charge >= 0.3 is 0 Å². The summed E-state index contributed by atoms with van der Waals surface area (Å²) in [5, 5.41) is 11.5. The molecule has 7 heteroatoms. The molecule has 0 saturated carbocycles. The average Bonchev–Trinajstić information content (AvgIpc) is 2.67. The highest BCUT2D eigenvalue weighted by atomic mass is 19.3. The molecule has 2 rings (SSSR count). The summed E-state index contributed by atoms with van der Waals surface area (Å²) in [7, 11) is 0. The smallest absolute Gasteiger partial charge is 0.265 e. The van der Waals surface area contributed by atoms with Gasteiger partial charge in [-0.1, -0.05) is 0 Å². The molecule has 0 aliphatic heterocycles. The molecular formula is C10H12F2N4O. The van der Waals surface area contributed by atoms with E-state index in [1.807, 2.05) is 0 Å². The highest BCUT2D eigenvalue weighted by Crippen LogP contribution is 2.17. The first-order chi connectivity index (χ1) is 8.06. The second-order valence-corrected chi connectivity index (χ2v) is 3.64. The Morgan fingerprint density at radius 3 is 2.94 bits per heavy atom. The maximum Gasteiger partial charge on any atom is 0.265 e. The minimum absolute atomic E-state index is 0.271. The number of nitrogens with two attached hydrogens (primary N) is 1. The zero-order chi connectivity index (χ0) is 12.4. The molecule has 1 atom stereocenters. The third kappa shape index (κ3) is 2.62. The van der Waals surface area contributed by atoms with Crippen LogP contribution in [0.2, 0.25) is 0 Å². The van der Waals surface area contributed by atoms with Crippen molar-refractivity contribution in [1.82, 2.24) is 9.97 Å². The summed E-state index contributed by atoms with van der Waals surface area (Å²) in [5.41, 5.74) is 7.55. The number of halogens is 2. The lowest BCUT2D eigenvalue weighted by atomic mass is 10.3. The molecule has 0 amide bonds. The van der Waals surface area contributed by atoms with Crippen LogP contribution in [0.1, 0.15) is 0 Å². The van der Waals surface area contributed by atoms with E-state index < -0.39 is 12.5 Å². The molecule has 92 valence electrons. The first-order valence-corrected chi connectivity index (χ1v) is 5.01. The summed E-state index contributed by atoms with van der Waals surface area (Å²) < 4.78 is 24.1. The fraction of sp³-hybridized carbons (Fsp3) is 0.300. The Kier molecular flexibility index (Phi) is 3.10. The summed E-state index contributed by atoms with van der Waals surface area (Å²) in [6.07, 6.45) is -4.49. The van der Waals surface area contributed by atoms with E-state index in [2.05, 4.69) is 15.3 Å². The van der Waals surface area contributed by atoms with Crippen LogP contribution in [0.3, 0.4) is 0 Å². The number of nitrogens with one attached hydrogen (secondary N) is 2. The summed E-state index contributed by atoms with van der Waals surface area (Å²) in [4.78, 5) is 6.98. The number of aromatic amines is 1. The van der Waals surface area contributed by atoms with Gasteiger partial charge < -0.3 is 21.1 Å². The van der Waals surface area contributed by atoms with Crippen molar-refractivity contribution in [3.05, 3.63) is 18.2 Å². The summed E-state index contributed by atoms with van der Waals surface area (Å²) >= 11 is 0. The Balaban J connectivity index is 2.09. The number of rotatable bonds is 4. The van der Waals surface area contributed by atoms with Crippen LogP contribution in [0.25, 0.3) is 11.0 Å². The Morgan fingerprint density at radius 2 is 2.24 bits per heavy atom. The predicted molar refractivity (Wildman–Crippen MR) is 61.0 cm³/mol. The third-order valence-corrected chi connectivity index (χ3v) is 2.28. The Morgan fingerprint density at radius 1 is 1.47 bits per heavy atom. The van der Waals surface area contributed by atoms with E-state index in [1.165, 1.54) is 0 Å². The third-order valence-electron chi connectivity index (χ3n) is 2.28. The van der Waals surface area contributed by atoms with Crippen LogP contribution in [0, 0.1) is 0 Å². The molecule has 0 radical (unpaired) electrons. The number of benzene rings is 1. The lowest BCUT2D eigenvalue weighted by Gasteiger charge is -2.09. The quantitative estimate of drug-likeness (QED) is 0.606. The number of H-pyrrole nitrogens is 1.